The molecule has 14 heavy (non-hydrogen) atoms. The van der Waals surface area contributed by atoms with Crippen molar-refractivity contribution in [3.63, 3.8) is 0 Å². The molecule has 0 spiro atoms. The van der Waals surface area contributed by atoms with Crippen LogP contribution in [0.4, 0.5) is 0 Å². The van der Waals surface area contributed by atoms with Crippen molar-refractivity contribution >= 4 is 17.2 Å². The van der Waals surface area contributed by atoms with Gasteiger partial charge < -0.3 is 15.4 Å². The lowest BCUT2D eigenvalue weighted by molar-refractivity contribution is 0.0757. The largest absolute Gasteiger partial charge is 0.393 e. The van der Waals surface area contributed by atoms with Crippen molar-refractivity contribution in [2.24, 2.45) is 5.73 Å². The molecule has 0 bridgehead atoms. The zero-order valence-corrected chi connectivity index (χ0v) is 9.68. The molecular formula is C10H20N2OS. The van der Waals surface area contributed by atoms with Crippen LogP contribution in [0.1, 0.15) is 26.2 Å². The molecule has 0 amide bonds. The fraction of sp³-hybridized carbons (Fsp3) is 0.900. The molecule has 1 rings (SSSR count). The minimum absolute atomic E-state index is 0.432. The van der Waals surface area contributed by atoms with Crippen LogP contribution in [0.25, 0.3) is 0 Å². The molecule has 4 heteroatoms. The van der Waals surface area contributed by atoms with Gasteiger partial charge in [-0.25, -0.2) is 0 Å². The summed E-state index contributed by atoms with van der Waals surface area (Å²) in [6, 6.07) is 0. The first-order chi connectivity index (χ1) is 6.72. The molecule has 2 N–H and O–H groups in total. The summed E-state index contributed by atoms with van der Waals surface area (Å²) in [5, 5.41) is 0. The minimum Gasteiger partial charge on any atom is -0.393 e. The van der Waals surface area contributed by atoms with E-state index in [0.717, 1.165) is 32.7 Å². The number of nitrogens with zero attached hydrogens (tertiary/aromatic N) is 1. The topological polar surface area (TPSA) is 38.5 Å². The molecule has 0 radical (unpaired) electrons. The Morgan fingerprint density at radius 1 is 1.64 bits per heavy atom. The Bertz CT molecular complexity index is 181. The van der Waals surface area contributed by atoms with Crippen LogP contribution < -0.4 is 5.73 Å². The van der Waals surface area contributed by atoms with Gasteiger partial charge in [-0.1, -0.05) is 19.1 Å². The van der Waals surface area contributed by atoms with Crippen molar-refractivity contribution < 1.29 is 4.74 Å². The Morgan fingerprint density at radius 2 is 2.43 bits per heavy atom. The lowest BCUT2D eigenvalue weighted by Gasteiger charge is -2.23. The molecule has 1 aliphatic heterocycles. The van der Waals surface area contributed by atoms with E-state index in [1.165, 1.54) is 12.8 Å². The summed E-state index contributed by atoms with van der Waals surface area (Å²) in [6.45, 7) is 6.12. The second kappa shape index (κ2) is 6.32. The van der Waals surface area contributed by atoms with E-state index in [-0.39, 0.29) is 0 Å². The van der Waals surface area contributed by atoms with Crippen molar-refractivity contribution in [3.8, 4) is 0 Å². The Balaban J connectivity index is 2.19. The van der Waals surface area contributed by atoms with Gasteiger partial charge in [-0.2, -0.15) is 0 Å². The summed E-state index contributed by atoms with van der Waals surface area (Å²) < 4.78 is 5.59. The van der Waals surface area contributed by atoms with Gasteiger partial charge in [-0.05, 0) is 19.4 Å². The quantitative estimate of drug-likeness (QED) is 0.676. The molecule has 0 aliphatic carbocycles. The van der Waals surface area contributed by atoms with Crippen LogP contribution >= 0.6 is 12.2 Å². The summed E-state index contributed by atoms with van der Waals surface area (Å²) in [7, 11) is 0. The van der Waals surface area contributed by atoms with E-state index in [9.17, 15) is 0 Å². The molecule has 1 saturated heterocycles. The summed E-state index contributed by atoms with van der Waals surface area (Å²) in [5.41, 5.74) is 5.48. The van der Waals surface area contributed by atoms with E-state index >= 15 is 0 Å². The average molecular weight is 216 g/mol. The molecule has 1 unspecified atom stereocenters. The number of nitrogens with two attached hydrogens (primary N) is 1. The third kappa shape index (κ3) is 4.35. The van der Waals surface area contributed by atoms with Crippen molar-refractivity contribution in [1.82, 2.24) is 4.90 Å². The lowest BCUT2D eigenvalue weighted by Crippen LogP contribution is -2.34. The Morgan fingerprint density at radius 3 is 2.93 bits per heavy atom. The standard InChI is InChI=1S/C10H20N2OS/c1-2-12(6-5-10(11)14)8-9-4-3-7-13-9/h9H,2-8H2,1H3,(H2,11,14). The van der Waals surface area contributed by atoms with Gasteiger partial charge in [0.1, 0.15) is 0 Å². The van der Waals surface area contributed by atoms with Gasteiger partial charge >= 0.3 is 0 Å². The molecule has 0 aromatic carbocycles. The van der Waals surface area contributed by atoms with E-state index in [1.54, 1.807) is 0 Å². The number of hydrogen-bond donors (Lipinski definition) is 1. The van der Waals surface area contributed by atoms with Crippen LogP contribution in [-0.4, -0.2) is 42.2 Å². The van der Waals surface area contributed by atoms with Crippen molar-refractivity contribution in [3.05, 3.63) is 0 Å². The molecule has 1 fully saturated rings. The lowest BCUT2D eigenvalue weighted by atomic mass is 10.2. The minimum atomic E-state index is 0.432. The van der Waals surface area contributed by atoms with E-state index in [4.69, 9.17) is 22.7 Å². The predicted octanol–water partition coefficient (Wildman–Crippen LogP) is 1.16. The highest BCUT2D eigenvalue weighted by Gasteiger charge is 2.18. The van der Waals surface area contributed by atoms with Gasteiger partial charge in [0.15, 0.2) is 0 Å². The zero-order chi connectivity index (χ0) is 10.4. The molecule has 0 saturated carbocycles. The van der Waals surface area contributed by atoms with Crippen LogP contribution in [0.3, 0.4) is 0 Å². The molecule has 1 atom stereocenters. The monoisotopic (exact) mass is 216 g/mol. The van der Waals surface area contributed by atoms with Crippen LogP contribution in [0.5, 0.6) is 0 Å². The van der Waals surface area contributed by atoms with Crippen molar-refractivity contribution in [1.29, 1.82) is 0 Å². The van der Waals surface area contributed by atoms with Gasteiger partial charge in [0.05, 0.1) is 11.1 Å². The third-order valence-electron chi connectivity index (χ3n) is 2.61. The predicted molar refractivity (Wildman–Crippen MR) is 62.5 cm³/mol. The van der Waals surface area contributed by atoms with Crippen molar-refractivity contribution in [2.45, 2.75) is 32.3 Å². The highest BCUT2D eigenvalue weighted by atomic mass is 32.1. The Labute approximate surface area is 91.6 Å². The normalized spacial score (nSPS) is 21.7. The Kier molecular flexibility index (Phi) is 5.37. The molecule has 1 heterocycles. The summed E-state index contributed by atoms with van der Waals surface area (Å²) in [4.78, 5) is 2.96. The highest BCUT2D eigenvalue weighted by molar-refractivity contribution is 7.80. The zero-order valence-electron chi connectivity index (χ0n) is 8.87. The summed E-state index contributed by atoms with van der Waals surface area (Å²) >= 11 is 4.86. The fourth-order valence-electron chi connectivity index (χ4n) is 1.72. The van der Waals surface area contributed by atoms with Gasteiger partial charge in [-0.3, -0.25) is 0 Å². The smallest absolute Gasteiger partial charge is 0.0740 e. The van der Waals surface area contributed by atoms with E-state index < -0.39 is 0 Å². The second-order valence-electron chi connectivity index (χ2n) is 3.74. The second-order valence-corrected chi connectivity index (χ2v) is 4.27. The third-order valence-corrected chi connectivity index (χ3v) is 2.81. The van der Waals surface area contributed by atoms with Crippen LogP contribution in [0.2, 0.25) is 0 Å². The van der Waals surface area contributed by atoms with Gasteiger partial charge in [0.2, 0.25) is 0 Å². The Hall–Kier alpha value is -0.190. The van der Waals surface area contributed by atoms with Crippen LogP contribution in [0.15, 0.2) is 0 Å². The fourth-order valence-corrected chi connectivity index (χ4v) is 1.81. The number of hydrogen-bond acceptors (Lipinski definition) is 3. The molecule has 0 aromatic heterocycles. The van der Waals surface area contributed by atoms with Crippen molar-refractivity contribution in [2.75, 3.05) is 26.2 Å². The first kappa shape index (κ1) is 11.9. The highest BCUT2D eigenvalue weighted by Crippen LogP contribution is 2.13. The summed E-state index contributed by atoms with van der Waals surface area (Å²) in [6.07, 6.45) is 3.65. The van der Waals surface area contributed by atoms with E-state index in [0.29, 0.717) is 11.1 Å². The number of rotatable bonds is 6. The van der Waals surface area contributed by atoms with Crippen LogP contribution in [0, 0.1) is 0 Å². The van der Waals surface area contributed by atoms with E-state index in [2.05, 4.69) is 11.8 Å². The molecule has 3 nitrogen and oxygen atoms in total. The number of likely N-dealkylation sites (N-methyl/N-ethyl adjacent to an activating group) is 1. The van der Waals surface area contributed by atoms with Crippen LogP contribution in [-0.2, 0) is 4.74 Å². The van der Waals surface area contributed by atoms with Gasteiger partial charge in [0, 0.05) is 26.1 Å². The van der Waals surface area contributed by atoms with Gasteiger partial charge in [-0.15, -0.1) is 0 Å². The SMILES string of the molecule is CCN(CCC(N)=S)CC1CCCO1. The number of thiocarbonyl (C=S) groups is 1. The number of ether oxygens (including phenoxy) is 1. The van der Waals surface area contributed by atoms with Gasteiger partial charge in [0.25, 0.3) is 0 Å². The molecule has 1 aliphatic rings. The maximum atomic E-state index is 5.59. The first-order valence-corrected chi connectivity index (χ1v) is 5.75. The molecular weight excluding hydrogens is 196 g/mol. The summed E-state index contributed by atoms with van der Waals surface area (Å²) in [5.74, 6) is 0. The van der Waals surface area contributed by atoms with E-state index in [1.807, 2.05) is 0 Å². The average Bonchev–Trinajstić information content (AvgIpc) is 2.64. The molecule has 82 valence electrons. The maximum Gasteiger partial charge on any atom is 0.0740 e. The molecule has 0 aromatic rings. The first-order valence-electron chi connectivity index (χ1n) is 5.34. The maximum absolute atomic E-state index is 5.59.